The number of aromatic nitrogens is 3. The zero-order valence-corrected chi connectivity index (χ0v) is 15.8. The average molecular weight is 371 g/mol. The number of nitrogens with zero attached hydrogens (tertiary/aromatic N) is 3. The van der Waals surface area contributed by atoms with E-state index in [-0.39, 0.29) is 6.10 Å². The van der Waals surface area contributed by atoms with Crippen LogP contribution in [-0.4, -0.2) is 21.1 Å². The molecule has 0 aliphatic heterocycles. The maximum Gasteiger partial charge on any atom is 0.229 e. The molecular weight excluding hydrogens is 350 g/mol. The third-order valence-electron chi connectivity index (χ3n) is 4.05. The van der Waals surface area contributed by atoms with Crippen LogP contribution in [0.2, 0.25) is 0 Å². The number of fused-ring (bicyclic) bond motifs is 1. The Morgan fingerprint density at radius 1 is 0.786 bits per heavy atom. The smallest absolute Gasteiger partial charge is 0.229 e. The van der Waals surface area contributed by atoms with Gasteiger partial charge in [-0.05, 0) is 44.2 Å². The zero-order chi connectivity index (χ0) is 19.3. The van der Waals surface area contributed by atoms with E-state index in [1.165, 1.54) is 0 Å². The minimum atomic E-state index is 0.0874. The second-order valence-corrected chi connectivity index (χ2v) is 6.56. The highest BCUT2D eigenvalue weighted by Crippen LogP contribution is 2.28. The summed E-state index contributed by atoms with van der Waals surface area (Å²) in [5, 5.41) is 7.63. The van der Waals surface area contributed by atoms with Crippen LogP contribution in [0, 0.1) is 0 Å². The second-order valence-electron chi connectivity index (χ2n) is 6.56. The van der Waals surface area contributed by atoms with Crippen molar-refractivity contribution in [2.24, 2.45) is 0 Å². The van der Waals surface area contributed by atoms with Crippen LogP contribution >= 0.6 is 0 Å². The molecule has 0 radical (unpaired) electrons. The first-order chi connectivity index (χ1) is 13.7. The minimum Gasteiger partial charge on any atom is -0.489 e. The molecule has 0 aliphatic carbocycles. The third-order valence-corrected chi connectivity index (χ3v) is 4.05. The van der Waals surface area contributed by atoms with E-state index in [0.29, 0.717) is 11.8 Å². The number of pyridine rings is 1. The summed E-state index contributed by atoms with van der Waals surface area (Å²) in [5.74, 6) is 1.94. The molecule has 0 fully saturated rings. The number of nitrogens with one attached hydrogen (secondary N) is 2. The van der Waals surface area contributed by atoms with Crippen molar-refractivity contribution in [2.75, 3.05) is 10.6 Å². The number of rotatable bonds is 6. The summed E-state index contributed by atoms with van der Waals surface area (Å²) in [5.41, 5.74) is 2.59. The summed E-state index contributed by atoms with van der Waals surface area (Å²) in [7, 11) is 0. The fourth-order valence-electron chi connectivity index (χ4n) is 2.88. The molecule has 2 aromatic heterocycles. The summed E-state index contributed by atoms with van der Waals surface area (Å²) in [6, 6.07) is 19.5. The molecule has 0 aliphatic rings. The fraction of sp³-hybridized carbons (Fsp3) is 0.136. The van der Waals surface area contributed by atoms with Crippen LogP contribution in [0.5, 0.6) is 5.75 Å². The van der Waals surface area contributed by atoms with Crippen LogP contribution < -0.4 is 15.4 Å². The minimum absolute atomic E-state index is 0.0874. The van der Waals surface area contributed by atoms with E-state index in [4.69, 9.17) is 4.74 Å². The van der Waals surface area contributed by atoms with Crippen molar-refractivity contribution in [2.45, 2.75) is 20.0 Å². The molecule has 0 saturated carbocycles. The van der Waals surface area contributed by atoms with Crippen LogP contribution in [0.3, 0.4) is 0 Å². The first-order valence-corrected chi connectivity index (χ1v) is 9.15. The summed E-state index contributed by atoms with van der Waals surface area (Å²) in [6.45, 7) is 4.00. The molecule has 140 valence electrons. The highest BCUT2D eigenvalue weighted by molar-refractivity contribution is 5.91. The van der Waals surface area contributed by atoms with Gasteiger partial charge >= 0.3 is 0 Å². The summed E-state index contributed by atoms with van der Waals surface area (Å²) in [6.07, 6.45) is 3.57. The van der Waals surface area contributed by atoms with E-state index in [9.17, 15) is 0 Å². The molecule has 0 atom stereocenters. The highest BCUT2D eigenvalue weighted by atomic mass is 16.5. The topological polar surface area (TPSA) is 72.0 Å². The van der Waals surface area contributed by atoms with Crippen molar-refractivity contribution < 1.29 is 4.74 Å². The van der Waals surface area contributed by atoms with E-state index in [1.807, 2.05) is 74.5 Å². The Bertz CT molecular complexity index is 1090. The Balaban J connectivity index is 1.59. The van der Waals surface area contributed by atoms with Crippen molar-refractivity contribution in [3.05, 3.63) is 73.1 Å². The standard InChI is InChI=1S/C22H21N5O/c1-15(2)28-19-11-4-3-9-17(19)25-20-12-14-24-22(27-20)26-18-10-5-7-16-8-6-13-23-21(16)18/h3-15H,1-2H3,(H2,24,25,26,27). The number of ether oxygens (including phenoxy) is 1. The first-order valence-electron chi connectivity index (χ1n) is 9.15. The van der Waals surface area contributed by atoms with Crippen molar-refractivity contribution >= 4 is 34.0 Å². The Morgan fingerprint density at radius 3 is 2.50 bits per heavy atom. The Morgan fingerprint density at radius 2 is 1.61 bits per heavy atom. The molecule has 2 aromatic carbocycles. The van der Waals surface area contributed by atoms with Gasteiger partial charge in [-0.1, -0.05) is 30.3 Å². The highest BCUT2D eigenvalue weighted by Gasteiger charge is 2.08. The van der Waals surface area contributed by atoms with Crippen molar-refractivity contribution in [3.8, 4) is 5.75 Å². The van der Waals surface area contributed by atoms with Crippen molar-refractivity contribution in [3.63, 3.8) is 0 Å². The average Bonchev–Trinajstić information content (AvgIpc) is 2.70. The van der Waals surface area contributed by atoms with Gasteiger partial charge in [0, 0.05) is 17.8 Å². The zero-order valence-electron chi connectivity index (χ0n) is 15.8. The van der Waals surface area contributed by atoms with Gasteiger partial charge in [-0.25, -0.2) is 4.98 Å². The van der Waals surface area contributed by atoms with Gasteiger partial charge in [0.2, 0.25) is 5.95 Å². The molecule has 4 rings (SSSR count). The van der Waals surface area contributed by atoms with Gasteiger partial charge < -0.3 is 15.4 Å². The van der Waals surface area contributed by atoms with Gasteiger partial charge in [0.05, 0.1) is 23.0 Å². The number of hydrogen-bond acceptors (Lipinski definition) is 6. The molecule has 6 nitrogen and oxygen atoms in total. The molecule has 0 unspecified atom stereocenters. The van der Waals surface area contributed by atoms with Crippen LogP contribution in [0.4, 0.5) is 23.1 Å². The summed E-state index contributed by atoms with van der Waals surface area (Å²) >= 11 is 0. The van der Waals surface area contributed by atoms with Crippen LogP contribution in [0.25, 0.3) is 10.9 Å². The summed E-state index contributed by atoms with van der Waals surface area (Å²) < 4.78 is 5.86. The van der Waals surface area contributed by atoms with E-state index >= 15 is 0 Å². The maximum atomic E-state index is 5.86. The number of anilines is 4. The van der Waals surface area contributed by atoms with Crippen molar-refractivity contribution in [1.82, 2.24) is 15.0 Å². The van der Waals surface area contributed by atoms with Gasteiger partial charge in [0.1, 0.15) is 11.6 Å². The van der Waals surface area contributed by atoms with Crippen molar-refractivity contribution in [1.29, 1.82) is 0 Å². The lowest BCUT2D eigenvalue weighted by Gasteiger charge is -2.15. The normalized spacial score (nSPS) is 10.8. The molecule has 28 heavy (non-hydrogen) atoms. The van der Waals surface area contributed by atoms with Crippen LogP contribution in [0.15, 0.2) is 73.1 Å². The molecular formula is C22H21N5O. The van der Waals surface area contributed by atoms with Gasteiger partial charge in [0.15, 0.2) is 0 Å². The predicted molar refractivity (Wildman–Crippen MR) is 113 cm³/mol. The molecule has 0 saturated heterocycles. The lowest BCUT2D eigenvalue weighted by Crippen LogP contribution is -2.08. The number of benzene rings is 2. The lowest BCUT2D eigenvalue weighted by molar-refractivity contribution is 0.244. The van der Waals surface area contributed by atoms with E-state index in [1.54, 1.807) is 12.4 Å². The Hall–Kier alpha value is -3.67. The largest absolute Gasteiger partial charge is 0.489 e. The number of para-hydroxylation sites is 3. The molecule has 2 N–H and O–H groups in total. The first kappa shape index (κ1) is 17.7. The Kier molecular flexibility index (Phi) is 5.01. The van der Waals surface area contributed by atoms with E-state index < -0.39 is 0 Å². The van der Waals surface area contributed by atoms with Gasteiger partial charge in [-0.15, -0.1) is 0 Å². The molecule has 0 amide bonds. The predicted octanol–water partition coefficient (Wildman–Crippen LogP) is 5.30. The molecule has 0 spiro atoms. The Labute approximate surface area is 163 Å². The molecule has 4 aromatic rings. The van der Waals surface area contributed by atoms with E-state index in [2.05, 4.69) is 25.6 Å². The number of hydrogen-bond donors (Lipinski definition) is 2. The van der Waals surface area contributed by atoms with Crippen LogP contribution in [-0.2, 0) is 0 Å². The van der Waals surface area contributed by atoms with Gasteiger partial charge in [-0.3, -0.25) is 4.98 Å². The third kappa shape index (κ3) is 4.01. The van der Waals surface area contributed by atoms with Crippen LogP contribution in [0.1, 0.15) is 13.8 Å². The molecule has 2 heterocycles. The molecule has 6 heteroatoms. The summed E-state index contributed by atoms with van der Waals surface area (Å²) in [4.78, 5) is 13.4. The fourth-order valence-corrected chi connectivity index (χ4v) is 2.88. The SMILES string of the molecule is CC(C)Oc1ccccc1Nc1ccnc(Nc2cccc3cccnc23)n1. The maximum absolute atomic E-state index is 5.86. The molecule has 0 bridgehead atoms. The van der Waals surface area contributed by atoms with Gasteiger partial charge in [-0.2, -0.15) is 4.98 Å². The lowest BCUT2D eigenvalue weighted by atomic mass is 10.2. The van der Waals surface area contributed by atoms with Gasteiger partial charge in [0.25, 0.3) is 0 Å². The quantitative estimate of drug-likeness (QED) is 0.479. The monoisotopic (exact) mass is 371 g/mol. The second kappa shape index (κ2) is 7.92. The van der Waals surface area contributed by atoms with E-state index in [0.717, 1.165) is 28.0 Å².